The molecule has 4 rings (SSSR count). The highest BCUT2D eigenvalue weighted by molar-refractivity contribution is 5.55. The summed E-state index contributed by atoms with van der Waals surface area (Å²) in [6.45, 7) is 8.11. The van der Waals surface area contributed by atoms with Crippen molar-refractivity contribution in [3.8, 4) is 0 Å². The Labute approximate surface area is 148 Å². The van der Waals surface area contributed by atoms with Gasteiger partial charge in [0.2, 0.25) is 0 Å². The molecule has 3 N–H and O–H groups in total. The molecule has 5 heteroatoms. The fourth-order valence-electron chi connectivity index (χ4n) is 3.48. The number of anilines is 1. The van der Waals surface area contributed by atoms with Crippen LogP contribution in [-0.4, -0.2) is 28.2 Å². The van der Waals surface area contributed by atoms with Gasteiger partial charge >= 0.3 is 0 Å². The van der Waals surface area contributed by atoms with Crippen LogP contribution in [0.4, 0.5) is 5.82 Å². The van der Waals surface area contributed by atoms with Gasteiger partial charge in [-0.15, -0.1) is 0 Å². The van der Waals surface area contributed by atoms with Crippen LogP contribution in [0.3, 0.4) is 0 Å². The quantitative estimate of drug-likeness (QED) is 0.803. The second kappa shape index (κ2) is 6.76. The highest BCUT2D eigenvalue weighted by Crippen LogP contribution is 2.26. The number of H-pyrrole nitrogens is 1. The Bertz CT molecular complexity index is 816. The van der Waals surface area contributed by atoms with Crippen LogP contribution in [0.2, 0.25) is 0 Å². The maximum atomic E-state index is 4.55. The molecule has 2 aliphatic rings. The van der Waals surface area contributed by atoms with Crippen molar-refractivity contribution in [2.24, 2.45) is 0 Å². The minimum Gasteiger partial charge on any atom is -0.385 e. The Balaban J connectivity index is 1.47. The molecule has 0 spiro atoms. The molecular formula is C20H25N5. The van der Waals surface area contributed by atoms with Gasteiger partial charge in [-0.05, 0) is 37.5 Å². The first-order valence-electron chi connectivity index (χ1n) is 8.90. The summed E-state index contributed by atoms with van der Waals surface area (Å²) in [5.41, 5.74) is 7.58. The van der Waals surface area contributed by atoms with Crippen molar-refractivity contribution in [1.82, 2.24) is 20.4 Å². The van der Waals surface area contributed by atoms with E-state index in [4.69, 9.17) is 0 Å². The first-order valence-corrected chi connectivity index (χ1v) is 8.90. The van der Waals surface area contributed by atoms with Crippen molar-refractivity contribution >= 4 is 5.82 Å². The lowest BCUT2D eigenvalue weighted by Crippen LogP contribution is -2.30. The van der Waals surface area contributed by atoms with Crippen molar-refractivity contribution in [2.45, 2.75) is 33.4 Å². The summed E-state index contributed by atoms with van der Waals surface area (Å²) in [7, 11) is 0. The number of hydrogen-bond donors (Lipinski definition) is 3. The third-order valence-electron chi connectivity index (χ3n) is 4.97. The second-order valence-corrected chi connectivity index (χ2v) is 6.98. The molecule has 0 saturated carbocycles. The smallest absolute Gasteiger partial charge is 0.155 e. The number of benzene rings is 1. The van der Waals surface area contributed by atoms with Crippen molar-refractivity contribution in [3.05, 3.63) is 70.2 Å². The molecule has 0 unspecified atom stereocenters. The molecule has 0 atom stereocenters. The maximum absolute atomic E-state index is 4.55. The topological polar surface area (TPSA) is 56.0 Å². The number of dihydropyridines is 1. The normalized spacial score (nSPS) is 17.8. The summed E-state index contributed by atoms with van der Waals surface area (Å²) in [5.74, 6) is 0.981. The van der Waals surface area contributed by atoms with Gasteiger partial charge in [0, 0.05) is 43.1 Å². The Morgan fingerprint density at radius 2 is 2.04 bits per heavy atom. The van der Waals surface area contributed by atoms with Gasteiger partial charge in [0.05, 0.1) is 5.69 Å². The highest BCUT2D eigenvalue weighted by atomic mass is 15.2. The molecule has 130 valence electrons. The fourth-order valence-corrected chi connectivity index (χ4v) is 3.48. The number of hydrogen-bond acceptors (Lipinski definition) is 4. The van der Waals surface area contributed by atoms with Crippen LogP contribution in [0.15, 0.2) is 53.4 Å². The average Bonchev–Trinajstić information content (AvgIpc) is 3.01. The van der Waals surface area contributed by atoms with E-state index in [0.717, 1.165) is 44.1 Å². The summed E-state index contributed by atoms with van der Waals surface area (Å²) in [4.78, 5) is 2.47. The molecule has 0 aliphatic carbocycles. The van der Waals surface area contributed by atoms with Crippen LogP contribution in [0.1, 0.15) is 30.7 Å². The van der Waals surface area contributed by atoms with Crippen LogP contribution in [0.5, 0.6) is 0 Å². The monoisotopic (exact) mass is 335 g/mol. The van der Waals surface area contributed by atoms with Crippen LogP contribution < -0.4 is 10.6 Å². The molecule has 0 radical (unpaired) electrons. The first-order chi connectivity index (χ1) is 12.2. The lowest BCUT2D eigenvalue weighted by molar-refractivity contribution is 0.242. The van der Waals surface area contributed by atoms with Gasteiger partial charge in [-0.25, -0.2) is 0 Å². The molecule has 2 aliphatic heterocycles. The van der Waals surface area contributed by atoms with E-state index >= 15 is 0 Å². The molecule has 25 heavy (non-hydrogen) atoms. The standard InChI is InChI=1S/C20H25N5/c1-14-11-21-15(2)10-18(14)22-20-17-8-9-25(13-19(17)23-24-20)12-16-6-4-3-5-7-16/h3-7,10,21H,8-9,11-13H2,1-2H3,(H2,22,23,24). The van der Waals surface area contributed by atoms with Gasteiger partial charge in [0.15, 0.2) is 5.82 Å². The number of rotatable bonds is 4. The minimum absolute atomic E-state index is 0.891. The zero-order valence-corrected chi connectivity index (χ0v) is 14.9. The SMILES string of the molecule is CC1=CC(Nc2n[nH]c3c2CCN(Cc2ccccc2)C3)=C(C)CN1. The Kier molecular flexibility index (Phi) is 4.32. The van der Waals surface area contributed by atoms with E-state index in [2.05, 4.69) is 76.0 Å². The largest absolute Gasteiger partial charge is 0.385 e. The lowest BCUT2D eigenvalue weighted by Gasteiger charge is -2.27. The third kappa shape index (κ3) is 3.46. The van der Waals surface area contributed by atoms with Gasteiger partial charge in [0.1, 0.15) is 0 Å². The Morgan fingerprint density at radius 3 is 2.88 bits per heavy atom. The molecule has 5 nitrogen and oxygen atoms in total. The number of fused-ring (bicyclic) bond motifs is 1. The molecule has 0 fully saturated rings. The number of allylic oxidation sites excluding steroid dienone is 2. The second-order valence-electron chi connectivity index (χ2n) is 6.98. The van der Waals surface area contributed by atoms with Gasteiger partial charge in [-0.2, -0.15) is 5.10 Å². The molecule has 0 amide bonds. The van der Waals surface area contributed by atoms with Crippen LogP contribution in [0.25, 0.3) is 0 Å². The number of aromatic nitrogens is 2. The zero-order valence-electron chi connectivity index (χ0n) is 14.9. The summed E-state index contributed by atoms with van der Waals surface area (Å²) < 4.78 is 0. The highest BCUT2D eigenvalue weighted by Gasteiger charge is 2.22. The molecule has 2 aromatic rings. The molecule has 1 aromatic carbocycles. The van der Waals surface area contributed by atoms with Gasteiger partial charge in [-0.1, -0.05) is 30.3 Å². The van der Waals surface area contributed by atoms with Crippen molar-refractivity contribution in [1.29, 1.82) is 0 Å². The van der Waals surface area contributed by atoms with E-state index in [1.807, 2.05) is 0 Å². The summed E-state index contributed by atoms with van der Waals surface area (Å²) >= 11 is 0. The van der Waals surface area contributed by atoms with Crippen molar-refractivity contribution < 1.29 is 0 Å². The predicted octanol–water partition coefficient (Wildman–Crippen LogP) is 3.16. The zero-order chi connectivity index (χ0) is 17.2. The molecule has 1 aromatic heterocycles. The van der Waals surface area contributed by atoms with E-state index in [1.165, 1.54) is 28.1 Å². The lowest BCUT2D eigenvalue weighted by atomic mass is 10.1. The molecular weight excluding hydrogens is 310 g/mol. The number of nitrogens with one attached hydrogen (secondary N) is 3. The minimum atomic E-state index is 0.891. The van der Waals surface area contributed by atoms with E-state index in [0.29, 0.717) is 0 Å². The molecule has 0 bridgehead atoms. The number of nitrogens with zero attached hydrogens (tertiary/aromatic N) is 2. The first kappa shape index (κ1) is 16.0. The van der Waals surface area contributed by atoms with E-state index < -0.39 is 0 Å². The van der Waals surface area contributed by atoms with E-state index in [9.17, 15) is 0 Å². The van der Waals surface area contributed by atoms with Crippen molar-refractivity contribution in [2.75, 3.05) is 18.4 Å². The van der Waals surface area contributed by atoms with E-state index in [-0.39, 0.29) is 0 Å². The van der Waals surface area contributed by atoms with E-state index in [1.54, 1.807) is 0 Å². The summed E-state index contributed by atoms with van der Waals surface area (Å²) in [5, 5.41) is 14.7. The van der Waals surface area contributed by atoms with Crippen LogP contribution >= 0.6 is 0 Å². The maximum Gasteiger partial charge on any atom is 0.155 e. The van der Waals surface area contributed by atoms with Crippen LogP contribution in [0, 0.1) is 0 Å². The van der Waals surface area contributed by atoms with Gasteiger partial charge < -0.3 is 10.6 Å². The fraction of sp³-hybridized carbons (Fsp3) is 0.350. The Hall–Kier alpha value is -2.53. The van der Waals surface area contributed by atoms with Gasteiger partial charge in [0.25, 0.3) is 0 Å². The molecule has 3 heterocycles. The van der Waals surface area contributed by atoms with Crippen LogP contribution in [-0.2, 0) is 19.5 Å². The Morgan fingerprint density at radius 1 is 1.20 bits per heavy atom. The predicted molar refractivity (Wildman–Crippen MR) is 101 cm³/mol. The third-order valence-corrected chi connectivity index (χ3v) is 4.97. The number of aromatic amines is 1. The molecule has 0 saturated heterocycles. The van der Waals surface area contributed by atoms with Gasteiger partial charge in [-0.3, -0.25) is 10.00 Å². The van der Waals surface area contributed by atoms with Crippen molar-refractivity contribution in [3.63, 3.8) is 0 Å². The summed E-state index contributed by atoms with van der Waals surface area (Å²) in [6, 6.07) is 10.7. The summed E-state index contributed by atoms with van der Waals surface area (Å²) in [6.07, 6.45) is 3.18. The average molecular weight is 335 g/mol.